The Bertz CT molecular complexity index is 883. The van der Waals surface area contributed by atoms with Gasteiger partial charge in [-0.05, 0) is 61.1 Å². The van der Waals surface area contributed by atoms with Crippen LogP contribution in [0.1, 0.15) is 44.6 Å². The molecule has 2 unspecified atom stereocenters. The molecule has 32 heavy (non-hydrogen) atoms. The number of urea groups is 1. The van der Waals surface area contributed by atoms with Crippen molar-refractivity contribution in [3.63, 3.8) is 0 Å². The molecular weight excluding hydrogens is 429 g/mol. The predicted octanol–water partition coefficient (Wildman–Crippen LogP) is 3.92. The van der Waals surface area contributed by atoms with Crippen molar-refractivity contribution in [1.29, 1.82) is 0 Å². The maximum Gasteiger partial charge on any atom is 0.327 e. The number of nitrogens with zero attached hydrogens (tertiary/aromatic N) is 2. The van der Waals surface area contributed by atoms with E-state index in [0.717, 1.165) is 37.7 Å². The van der Waals surface area contributed by atoms with Crippen LogP contribution in [0.15, 0.2) is 35.7 Å². The van der Waals surface area contributed by atoms with E-state index in [-0.39, 0.29) is 46.8 Å². The van der Waals surface area contributed by atoms with Gasteiger partial charge < -0.3 is 10.2 Å². The summed E-state index contributed by atoms with van der Waals surface area (Å²) >= 11 is 1.45. The van der Waals surface area contributed by atoms with Crippen LogP contribution < -0.4 is 5.32 Å². The predicted molar refractivity (Wildman–Crippen MR) is 122 cm³/mol. The molecule has 0 aromatic heterocycles. The van der Waals surface area contributed by atoms with E-state index in [1.807, 2.05) is 18.4 Å². The molecule has 2 aliphatic heterocycles. The summed E-state index contributed by atoms with van der Waals surface area (Å²) in [5.74, 6) is -0.0877. The van der Waals surface area contributed by atoms with E-state index in [2.05, 4.69) is 5.32 Å². The third-order valence-electron chi connectivity index (χ3n) is 6.63. The van der Waals surface area contributed by atoms with Gasteiger partial charge in [0.05, 0.1) is 6.04 Å². The lowest BCUT2D eigenvalue weighted by atomic mass is 9.81. The molecule has 1 aliphatic carbocycles. The van der Waals surface area contributed by atoms with E-state index in [4.69, 9.17) is 0 Å². The third kappa shape index (κ3) is 4.85. The highest BCUT2D eigenvalue weighted by Crippen LogP contribution is 2.37. The Balaban J connectivity index is 1.41. The number of imide groups is 1. The number of carbonyl (C=O) groups excluding carboxylic acids is 3. The summed E-state index contributed by atoms with van der Waals surface area (Å²) in [6.07, 6.45) is 6.07. The molecule has 0 radical (unpaired) electrons. The summed E-state index contributed by atoms with van der Waals surface area (Å²) in [6.45, 7) is 3.46. The Kier molecular flexibility index (Phi) is 7.18. The van der Waals surface area contributed by atoms with Crippen LogP contribution in [0.2, 0.25) is 0 Å². The van der Waals surface area contributed by atoms with Crippen LogP contribution in [0.5, 0.6) is 0 Å². The highest BCUT2D eigenvalue weighted by molar-refractivity contribution is 8.03. The second-order valence-electron chi connectivity index (χ2n) is 8.87. The maximum atomic E-state index is 13.4. The zero-order valence-electron chi connectivity index (χ0n) is 18.3. The average molecular weight is 460 g/mol. The number of fused-ring (bicyclic) bond motifs is 1. The summed E-state index contributed by atoms with van der Waals surface area (Å²) in [4.78, 5) is 41.9. The van der Waals surface area contributed by atoms with E-state index < -0.39 is 0 Å². The molecule has 2 heterocycles. The van der Waals surface area contributed by atoms with Crippen molar-refractivity contribution in [3.05, 3.63) is 47.1 Å². The first-order valence-corrected chi connectivity index (χ1v) is 12.4. The maximum absolute atomic E-state index is 13.4. The molecule has 3 aliphatic rings. The minimum atomic E-state index is -0.329. The smallest absolute Gasteiger partial charge is 0.327 e. The molecule has 1 N–H and O–H groups in total. The van der Waals surface area contributed by atoms with Crippen LogP contribution >= 0.6 is 11.8 Å². The van der Waals surface area contributed by atoms with Crippen molar-refractivity contribution >= 4 is 29.6 Å². The van der Waals surface area contributed by atoms with Crippen LogP contribution in [0.25, 0.3) is 0 Å². The molecule has 1 aromatic carbocycles. The molecule has 4 amide bonds. The second kappa shape index (κ2) is 10.1. The Hall–Kier alpha value is -2.35. The number of rotatable bonds is 7. The topological polar surface area (TPSA) is 69.7 Å². The van der Waals surface area contributed by atoms with Crippen LogP contribution in [0.4, 0.5) is 9.18 Å². The van der Waals surface area contributed by atoms with Crippen LogP contribution in [-0.2, 0) is 16.1 Å². The largest absolute Gasteiger partial charge is 0.356 e. The van der Waals surface area contributed by atoms with Gasteiger partial charge in [0.1, 0.15) is 11.1 Å². The standard InChI is InChI=1S/C24H30FN3O3S/c1-2-12-26-22(29)18-7-3-16(4-8-18)15-28-23(30)21-20(11-13-32-21)27(24(28)31)14-17-5-9-19(25)10-6-17/h5-6,9-11,13,16,18,20-21H,2-4,7-8,12,14-15H2,1H3,(H,26,29). The monoisotopic (exact) mass is 459 g/mol. The number of thioether (sulfide) groups is 1. The van der Waals surface area contributed by atoms with Crippen molar-refractivity contribution in [2.75, 3.05) is 13.1 Å². The minimum absolute atomic E-state index is 0.0273. The number of halogens is 1. The highest BCUT2D eigenvalue weighted by atomic mass is 32.2. The molecular formula is C24H30FN3O3S. The van der Waals surface area contributed by atoms with Crippen molar-refractivity contribution < 1.29 is 18.8 Å². The molecule has 8 heteroatoms. The van der Waals surface area contributed by atoms with Gasteiger partial charge in [-0.2, -0.15) is 0 Å². The molecule has 2 fully saturated rings. The Morgan fingerprint density at radius 1 is 1.16 bits per heavy atom. The number of hydrogen-bond donors (Lipinski definition) is 1. The minimum Gasteiger partial charge on any atom is -0.356 e. The van der Waals surface area contributed by atoms with Crippen LogP contribution in [0.3, 0.4) is 0 Å². The molecule has 1 saturated carbocycles. The van der Waals surface area contributed by atoms with Crippen molar-refractivity contribution in [1.82, 2.24) is 15.1 Å². The lowest BCUT2D eigenvalue weighted by Gasteiger charge is -2.43. The van der Waals surface area contributed by atoms with Crippen molar-refractivity contribution in [2.45, 2.75) is 56.9 Å². The first-order chi connectivity index (χ1) is 15.5. The number of amides is 4. The Labute approximate surface area is 192 Å². The summed E-state index contributed by atoms with van der Waals surface area (Å²) in [5.41, 5.74) is 0.830. The lowest BCUT2D eigenvalue weighted by Crippen LogP contribution is -2.62. The zero-order valence-corrected chi connectivity index (χ0v) is 19.2. The molecule has 0 bridgehead atoms. The number of hydrogen-bond acceptors (Lipinski definition) is 4. The van der Waals surface area contributed by atoms with Gasteiger partial charge in [-0.25, -0.2) is 9.18 Å². The van der Waals surface area contributed by atoms with Gasteiger partial charge in [0, 0.05) is 25.6 Å². The number of carbonyl (C=O) groups is 3. The van der Waals surface area contributed by atoms with Gasteiger partial charge >= 0.3 is 6.03 Å². The van der Waals surface area contributed by atoms with E-state index in [1.165, 1.54) is 28.8 Å². The van der Waals surface area contributed by atoms with Gasteiger partial charge in [-0.15, -0.1) is 11.8 Å². The van der Waals surface area contributed by atoms with Gasteiger partial charge in [0.25, 0.3) is 0 Å². The van der Waals surface area contributed by atoms with E-state index in [0.29, 0.717) is 19.6 Å². The molecule has 172 valence electrons. The summed E-state index contributed by atoms with van der Waals surface area (Å²) in [5, 5.41) is 4.53. The quantitative estimate of drug-likeness (QED) is 0.671. The SMILES string of the molecule is CCCNC(=O)C1CCC(CN2C(=O)C3SC=CC3N(Cc3ccc(F)cc3)C2=O)CC1. The van der Waals surface area contributed by atoms with E-state index >= 15 is 0 Å². The summed E-state index contributed by atoms with van der Waals surface area (Å²) < 4.78 is 13.3. The Morgan fingerprint density at radius 2 is 1.88 bits per heavy atom. The van der Waals surface area contributed by atoms with Crippen LogP contribution in [0, 0.1) is 17.7 Å². The van der Waals surface area contributed by atoms with E-state index in [9.17, 15) is 18.8 Å². The fourth-order valence-electron chi connectivity index (χ4n) is 4.78. The van der Waals surface area contributed by atoms with Crippen molar-refractivity contribution in [3.8, 4) is 0 Å². The van der Waals surface area contributed by atoms with Gasteiger partial charge in [-0.1, -0.05) is 25.1 Å². The average Bonchev–Trinajstić information content (AvgIpc) is 3.29. The van der Waals surface area contributed by atoms with Gasteiger partial charge in [0.2, 0.25) is 11.8 Å². The van der Waals surface area contributed by atoms with E-state index in [1.54, 1.807) is 17.0 Å². The molecule has 6 nitrogen and oxygen atoms in total. The highest BCUT2D eigenvalue weighted by Gasteiger charge is 2.47. The molecule has 2 atom stereocenters. The number of benzene rings is 1. The zero-order chi connectivity index (χ0) is 22.7. The van der Waals surface area contributed by atoms with Crippen LogP contribution in [-0.4, -0.2) is 52.0 Å². The second-order valence-corrected chi connectivity index (χ2v) is 9.92. The molecule has 4 rings (SSSR count). The van der Waals surface area contributed by atoms with Gasteiger partial charge in [-0.3, -0.25) is 14.5 Å². The normalized spacial score (nSPS) is 27.6. The lowest BCUT2D eigenvalue weighted by molar-refractivity contribution is -0.132. The third-order valence-corrected chi connectivity index (χ3v) is 7.72. The van der Waals surface area contributed by atoms with Crippen molar-refractivity contribution in [2.24, 2.45) is 11.8 Å². The first-order valence-electron chi connectivity index (χ1n) is 11.4. The Morgan fingerprint density at radius 3 is 2.56 bits per heavy atom. The molecule has 0 spiro atoms. The first kappa shape index (κ1) is 22.8. The summed E-state index contributed by atoms with van der Waals surface area (Å²) in [6, 6.07) is 5.57. The fraction of sp³-hybridized carbons (Fsp3) is 0.542. The fourth-order valence-corrected chi connectivity index (χ4v) is 5.84. The summed E-state index contributed by atoms with van der Waals surface area (Å²) in [7, 11) is 0. The molecule has 1 saturated heterocycles. The number of nitrogens with one attached hydrogen (secondary N) is 1. The van der Waals surface area contributed by atoms with Gasteiger partial charge in [0.15, 0.2) is 0 Å². The molecule has 1 aromatic rings.